The Kier molecular flexibility index (Phi) is 5.02. The van der Waals surface area contributed by atoms with Crippen LogP contribution in [0.5, 0.6) is 5.75 Å². The van der Waals surface area contributed by atoms with Gasteiger partial charge in [0, 0.05) is 12.6 Å². The molecule has 1 saturated heterocycles. The van der Waals surface area contributed by atoms with E-state index in [9.17, 15) is 0 Å². The van der Waals surface area contributed by atoms with Crippen molar-refractivity contribution in [3.05, 3.63) is 29.8 Å². The van der Waals surface area contributed by atoms with Crippen molar-refractivity contribution >= 4 is 0 Å². The molecule has 1 aromatic carbocycles. The molecular weight excluding hydrogens is 254 g/mol. The minimum absolute atomic E-state index is 0.142. The van der Waals surface area contributed by atoms with Gasteiger partial charge in [-0.1, -0.05) is 12.1 Å². The monoisotopic (exact) mass is 279 g/mol. The first-order chi connectivity index (χ1) is 9.48. The molecule has 2 atom stereocenters. The lowest BCUT2D eigenvalue weighted by Gasteiger charge is -2.19. The Hall–Kier alpha value is -1.10. The zero-order valence-electron chi connectivity index (χ0n) is 12.8. The van der Waals surface area contributed by atoms with Crippen molar-refractivity contribution in [1.82, 2.24) is 5.32 Å². The van der Waals surface area contributed by atoms with Crippen LogP contribution in [0.2, 0.25) is 0 Å². The fourth-order valence-corrected chi connectivity index (χ4v) is 2.38. The maximum absolute atomic E-state index is 5.78. The molecule has 0 aromatic heterocycles. The van der Waals surface area contributed by atoms with E-state index in [0.29, 0.717) is 12.6 Å². The van der Waals surface area contributed by atoms with E-state index in [1.54, 1.807) is 7.11 Å². The topological polar surface area (TPSA) is 39.7 Å². The van der Waals surface area contributed by atoms with E-state index in [0.717, 1.165) is 18.7 Å². The third-order valence-corrected chi connectivity index (χ3v) is 3.46. The summed E-state index contributed by atoms with van der Waals surface area (Å²) >= 11 is 0. The zero-order valence-corrected chi connectivity index (χ0v) is 12.8. The molecule has 1 N–H and O–H groups in total. The van der Waals surface area contributed by atoms with Crippen LogP contribution < -0.4 is 10.1 Å². The Balaban J connectivity index is 1.73. The summed E-state index contributed by atoms with van der Waals surface area (Å²) in [7, 11) is 1.68. The molecule has 0 bridgehead atoms. The predicted octanol–water partition coefficient (Wildman–Crippen LogP) is 2.37. The second-order valence-electron chi connectivity index (χ2n) is 5.81. The lowest BCUT2D eigenvalue weighted by molar-refractivity contribution is -0.137. The Bertz CT molecular complexity index is 416. The number of benzene rings is 1. The Labute approximate surface area is 121 Å². The number of methoxy groups -OCH3 is 1. The van der Waals surface area contributed by atoms with Crippen LogP contribution in [0.25, 0.3) is 0 Å². The molecule has 0 saturated carbocycles. The van der Waals surface area contributed by atoms with Crippen molar-refractivity contribution in [3.8, 4) is 5.75 Å². The largest absolute Gasteiger partial charge is 0.497 e. The summed E-state index contributed by atoms with van der Waals surface area (Å²) < 4.78 is 16.5. The predicted molar refractivity (Wildman–Crippen MR) is 79.1 cm³/mol. The highest BCUT2D eigenvalue weighted by atomic mass is 16.7. The van der Waals surface area contributed by atoms with Gasteiger partial charge in [-0.25, -0.2) is 0 Å². The molecule has 20 heavy (non-hydrogen) atoms. The second kappa shape index (κ2) is 6.57. The van der Waals surface area contributed by atoms with Crippen LogP contribution in [0.4, 0.5) is 0 Å². The summed E-state index contributed by atoms with van der Waals surface area (Å²) in [6, 6.07) is 8.61. The molecular formula is C16H25NO3. The number of nitrogens with one attached hydrogen (secondary N) is 1. The van der Waals surface area contributed by atoms with Gasteiger partial charge in [-0.15, -0.1) is 0 Å². The van der Waals surface area contributed by atoms with E-state index in [2.05, 4.69) is 24.4 Å². The average Bonchev–Trinajstić information content (AvgIpc) is 2.77. The van der Waals surface area contributed by atoms with Crippen LogP contribution >= 0.6 is 0 Å². The molecule has 4 heteroatoms. The van der Waals surface area contributed by atoms with E-state index in [4.69, 9.17) is 14.2 Å². The second-order valence-corrected chi connectivity index (χ2v) is 5.81. The van der Waals surface area contributed by atoms with Gasteiger partial charge in [0.2, 0.25) is 0 Å². The summed E-state index contributed by atoms with van der Waals surface area (Å²) in [4.78, 5) is 0. The number of hydrogen-bond acceptors (Lipinski definition) is 4. The van der Waals surface area contributed by atoms with Crippen molar-refractivity contribution in [2.45, 2.75) is 45.1 Å². The van der Waals surface area contributed by atoms with E-state index in [-0.39, 0.29) is 6.10 Å². The number of hydrogen-bond donors (Lipinski definition) is 1. The van der Waals surface area contributed by atoms with Crippen molar-refractivity contribution < 1.29 is 14.2 Å². The molecule has 1 aliphatic rings. The molecule has 2 rings (SSSR count). The maximum Gasteiger partial charge on any atom is 0.163 e. The Morgan fingerprint density at radius 2 is 2.05 bits per heavy atom. The highest BCUT2D eigenvalue weighted by molar-refractivity contribution is 5.27. The molecule has 0 amide bonds. The molecule has 1 aliphatic heterocycles. The summed E-state index contributed by atoms with van der Waals surface area (Å²) in [6.45, 7) is 7.57. The number of rotatable bonds is 6. The van der Waals surface area contributed by atoms with Gasteiger partial charge < -0.3 is 19.5 Å². The minimum atomic E-state index is -0.439. The molecule has 112 valence electrons. The van der Waals surface area contributed by atoms with Crippen LogP contribution in [-0.2, 0) is 15.9 Å². The molecule has 0 aliphatic carbocycles. The van der Waals surface area contributed by atoms with Gasteiger partial charge in [-0.2, -0.15) is 0 Å². The minimum Gasteiger partial charge on any atom is -0.497 e. The highest BCUT2D eigenvalue weighted by Crippen LogP contribution is 2.21. The van der Waals surface area contributed by atoms with Crippen molar-refractivity contribution in [2.24, 2.45) is 0 Å². The van der Waals surface area contributed by atoms with Gasteiger partial charge in [0.1, 0.15) is 5.75 Å². The van der Waals surface area contributed by atoms with Crippen LogP contribution in [-0.4, -0.2) is 38.2 Å². The average molecular weight is 279 g/mol. The number of ether oxygens (including phenoxy) is 3. The van der Waals surface area contributed by atoms with E-state index >= 15 is 0 Å². The van der Waals surface area contributed by atoms with Crippen LogP contribution in [0.3, 0.4) is 0 Å². The molecule has 1 aromatic rings. The maximum atomic E-state index is 5.78. The van der Waals surface area contributed by atoms with E-state index in [1.807, 2.05) is 26.0 Å². The van der Waals surface area contributed by atoms with Crippen molar-refractivity contribution in [3.63, 3.8) is 0 Å². The Morgan fingerprint density at radius 1 is 1.35 bits per heavy atom. The summed E-state index contributed by atoms with van der Waals surface area (Å²) in [6.07, 6.45) is 1.13. The molecule has 1 heterocycles. The first-order valence-corrected chi connectivity index (χ1v) is 7.16. The summed E-state index contributed by atoms with van der Waals surface area (Å²) in [5, 5.41) is 3.50. The van der Waals surface area contributed by atoms with Crippen molar-refractivity contribution in [1.29, 1.82) is 0 Å². The highest BCUT2D eigenvalue weighted by Gasteiger charge is 2.32. The van der Waals surface area contributed by atoms with Gasteiger partial charge in [0.25, 0.3) is 0 Å². The van der Waals surface area contributed by atoms with Crippen LogP contribution in [0.15, 0.2) is 24.3 Å². The van der Waals surface area contributed by atoms with Gasteiger partial charge in [0.05, 0.1) is 19.8 Å². The zero-order chi connectivity index (χ0) is 14.6. The smallest absolute Gasteiger partial charge is 0.163 e. The SMILES string of the molecule is COc1ccc(CC(C)NCC2COC(C)(C)O2)cc1. The lowest BCUT2D eigenvalue weighted by Crippen LogP contribution is -2.36. The standard InChI is InChI=1S/C16H25NO3/c1-12(9-13-5-7-14(18-4)8-6-13)17-10-15-11-19-16(2,3)20-15/h5-8,12,15,17H,9-11H2,1-4H3. The fraction of sp³-hybridized carbons (Fsp3) is 0.625. The molecule has 2 unspecified atom stereocenters. The quantitative estimate of drug-likeness (QED) is 0.868. The molecule has 4 nitrogen and oxygen atoms in total. The van der Waals surface area contributed by atoms with Gasteiger partial charge in [0.15, 0.2) is 5.79 Å². The van der Waals surface area contributed by atoms with Gasteiger partial charge in [-0.3, -0.25) is 0 Å². The summed E-state index contributed by atoms with van der Waals surface area (Å²) in [5.74, 6) is 0.457. The molecule has 0 spiro atoms. The summed E-state index contributed by atoms with van der Waals surface area (Å²) in [5.41, 5.74) is 1.30. The third-order valence-electron chi connectivity index (χ3n) is 3.46. The lowest BCUT2D eigenvalue weighted by atomic mass is 10.1. The molecule has 0 radical (unpaired) electrons. The molecule has 1 fully saturated rings. The third kappa shape index (κ3) is 4.47. The van der Waals surface area contributed by atoms with Gasteiger partial charge in [-0.05, 0) is 44.9 Å². The van der Waals surface area contributed by atoms with E-state index in [1.165, 1.54) is 5.56 Å². The first kappa shape index (κ1) is 15.3. The fourth-order valence-electron chi connectivity index (χ4n) is 2.38. The van der Waals surface area contributed by atoms with Gasteiger partial charge >= 0.3 is 0 Å². The normalized spacial score (nSPS) is 22.7. The van der Waals surface area contributed by atoms with Crippen LogP contribution in [0.1, 0.15) is 26.3 Å². The van der Waals surface area contributed by atoms with Crippen LogP contribution in [0, 0.1) is 0 Å². The Morgan fingerprint density at radius 3 is 2.60 bits per heavy atom. The first-order valence-electron chi connectivity index (χ1n) is 7.16. The van der Waals surface area contributed by atoms with Crippen molar-refractivity contribution in [2.75, 3.05) is 20.3 Å². The van der Waals surface area contributed by atoms with E-state index < -0.39 is 5.79 Å².